The van der Waals surface area contributed by atoms with E-state index in [1.807, 2.05) is 36.1 Å². The van der Waals surface area contributed by atoms with Crippen LogP contribution in [0.15, 0.2) is 41.0 Å². The van der Waals surface area contributed by atoms with Crippen LogP contribution in [0.4, 0.5) is 0 Å². The zero-order chi connectivity index (χ0) is 21.4. The molecule has 6 heteroatoms. The number of piperidine rings is 1. The second-order valence-electron chi connectivity index (χ2n) is 9.40. The van der Waals surface area contributed by atoms with Crippen molar-refractivity contribution in [2.75, 3.05) is 19.6 Å². The Labute approximate surface area is 182 Å². The molecule has 31 heavy (non-hydrogen) atoms. The maximum Gasteiger partial charge on any atom is 0.289 e. The van der Waals surface area contributed by atoms with E-state index in [9.17, 15) is 9.59 Å². The molecule has 2 aliphatic heterocycles. The Kier molecular flexibility index (Phi) is 5.24. The van der Waals surface area contributed by atoms with Gasteiger partial charge in [0, 0.05) is 50.4 Å². The van der Waals surface area contributed by atoms with Crippen molar-refractivity contribution in [2.45, 2.75) is 57.0 Å². The van der Waals surface area contributed by atoms with Gasteiger partial charge < -0.3 is 19.4 Å². The number of para-hydroxylation sites is 1. The number of carbonyl (C=O) groups excluding carboxylic acids is 2. The number of likely N-dealkylation sites (tertiary alicyclic amines) is 1. The van der Waals surface area contributed by atoms with Crippen molar-refractivity contribution in [1.82, 2.24) is 10.2 Å². The highest BCUT2D eigenvalue weighted by Crippen LogP contribution is 2.46. The third kappa shape index (κ3) is 4.21. The van der Waals surface area contributed by atoms with Gasteiger partial charge in [0.25, 0.3) is 5.91 Å². The van der Waals surface area contributed by atoms with Crippen LogP contribution in [0.3, 0.4) is 0 Å². The summed E-state index contributed by atoms with van der Waals surface area (Å²) in [5.41, 5.74) is 1.66. The Bertz CT molecular complexity index is 969. The first-order valence-corrected chi connectivity index (χ1v) is 11.4. The number of nitrogens with one attached hydrogen (secondary N) is 1. The van der Waals surface area contributed by atoms with Gasteiger partial charge in [0.1, 0.15) is 11.4 Å². The third-order valence-electron chi connectivity index (χ3n) is 7.04. The zero-order valence-electron chi connectivity index (χ0n) is 18.1. The van der Waals surface area contributed by atoms with Gasteiger partial charge in [0.2, 0.25) is 5.91 Å². The van der Waals surface area contributed by atoms with Crippen molar-refractivity contribution in [3.8, 4) is 5.75 Å². The molecular weight excluding hydrogens is 392 g/mol. The fourth-order valence-corrected chi connectivity index (χ4v) is 4.96. The van der Waals surface area contributed by atoms with E-state index in [2.05, 4.69) is 11.4 Å². The molecule has 1 saturated heterocycles. The molecule has 1 N–H and O–H groups in total. The van der Waals surface area contributed by atoms with Crippen LogP contribution in [0.25, 0.3) is 0 Å². The molecule has 0 radical (unpaired) electrons. The Morgan fingerprint density at radius 2 is 1.94 bits per heavy atom. The van der Waals surface area contributed by atoms with Gasteiger partial charge in [-0.2, -0.15) is 0 Å². The first-order valence-electron chi connectivity index (χ1n) is 11.4. The maximum absolute atomic E-state index is 12.8. The quantitative estimate of drug-likeness (QED) is 0.789. The fraction of sp³-hybridized carbons (Fsp3) is 0.520. The summed E-state index contributed by atoms with van der Waals surface area (Å²) in [7, 11) is 0. The summed E-state index contributed by atoms with van der Waals surface area (Å²) >= 11 is 0. The van der Waals surface area contributed by atoms with E-state index >= 15 is 0 Å². The van der Waals surface area contributed by atoms with E-state index in [1.54, 1.807) is 6.26 Å². The normalized spacial score (nSPS) is 22.0. The molecule has 1 atom stereocenters. The molecule has 3 heterocycles. The molecule has 2 fully saturated rings. The van der Waals surface area contributed by atoms with Crippen LogP contribution < -0.4 is 10.1 Å². The molecule has 5 rings (SSSR count). The Balaban J connectivity index is 1.28. The van der Waals surface area contributed by atoms with E-state index in [0.29, 0.717) is 31.2 Å². The van der Waals surface area contributed by atoms with E-state index in [-0.39, 0.29) is 23.3 Å². The molecule has 0 unspecified atom stereocenters. The number of benzene rings is 1. The first kappa shape index (κ1) is 20.2. The van der Waals surface area contributed by atoms with Crippen LogP contribution in [0.1, 0.15) is 66.1 Å². The number of amides is 2. The van der Waals surface area contributed by atoms with E-state index < -0.39 is 0 Å². The second kappa shape index (κ2) is 8.06. The summed E-state index contributed by atoms with van der Waals surface area (Å²) in [5, 5.41) is 3.11. The predicted octanol–water partition coefficient (Wildman–Crippen LogP) is 4.05. The van der Waals surface area contributed by atoms with E-state index in [0.717, 1.165) is 42.7 Å². The van der Waals surface area contributed by atoms with Gasteiger partial charge >= 0.3 is 0 Å². The van der Waals surface area contributed by atoms with Gasteiger partial charge in [-0.25, -0.2) is 0 Å². The summed E-state index contributed by atoms with van der Waals surface area (Å²) in [6.07, 6.45) is 6.84. The van der Waals surface area contributed by atoms with E-state index in [4.69, 9.17) is 9.15 Å². The van der Waals surface area contributed by atoms with Crippen LogP contribution >= 0.6 is 0 Å². The minimum Gasteiger partial charge on any atom is -0.487 e. The van der Waals surface area contributed by atoms with Crippen molar-refractivity contribution in [2.24, 2.45) is 5.92 Å². The summed E-state index contributed by atoms with van der Waals surface area (Å²) in [5.74, 6) is 2.20. The molecule has 1 spiro atoms. The number of rotatable bonds is 5. The van der Waals surface area contributed by atoms with Gasteiger partial charge in [-0.15, -0.1) is 0 Å². The fourth-order valence-electron chi connectivity index (χ4n) is 4.96. The van der Waals surface area contributed by atoms with Crippen LogP contribution in [-0.2, 0) is 4.79 Å². The minimum absolute atomic E-state index is 0.0513. The van der Waals surface area contributed by atoms with Gasteiger partial charge in [0.15, 0.2) is 5.76 Å². The molecular formula is C25H30N2O4. The lowest BCUT2D eigenvalue weighted by Gasteiger charge is -2.46. The van der Waals surface area contributed by atoms with Crippen molar-refractivity contribution in [3.05, 3.63) is 53.5 Å². The highest BCUT2D eigenvalue weighted by molar-refractivity contribution is 5.92. The molecule has 3 aliphatic rings. The Morgan fingerprint density at radius 3 is 2.65 bits per heavy atom. The number of nitrogens with zero attached hydrogens (tertiary/aromatic N) is 1. The molecule has 2 aromatic rings. The summed E-state index contributed by atoms with van der Waals surface area (Å²) in [6, 6.07) is 9.91. The van der Waals surface area contributed by atoms with Gasteiger partial charge in [-0.1, -0.05) is 18.2 Å². The number of fused-ring (bicyclic) bond motifs is 1. The largest absolute Gasteiger partial charge is 0.487 e. The van der Waals surface area contributed by atoms with Crippen LogP contribution in [0.2, 0.25) is 0 Å². The molecule has 1 saturated carbocycles. The van der Waals surface area contributed by atoms with Crippen molar-refractivity contribution in [1.29, 1.82) is 0 Å². The number of carbonyl (C=O) groups is 2. The molecule has 1 aliphatic carbocycles. The van der Waals surface area contributed by atoms with Gasteiger partial charge in [0.05, 0.1) is 6.26 Å². The SMILES string of the molecule is Cc1ccoc1C(=O)N1CCC2(CC1)C[C@H](CC(=O)NCC1CC1)c1ccccc1O2. The summed E-state index contributed by atoms with van der Waals surface area (Å²) < 4.78 is 11.9. The summed E-state index contributed by atoms with van der Waals surface area (Å²) in [6.45, 7) is 3.95. The number of hydrogen-bond acceptors (Lipinski definition) is 4. The van der Waals surface area contributed by atoms with Crippen LogP contribution in [0.5, 0.6) is 5.75 Å². The van der Waals surface area contributed by atoms with Crippen molar-refractivity contribution < 1.29 is 18.7 Å². The zero-order valence-corrected chi connectivity index (χ0v) is 18.1. The standard InChI is InChI=1S/C25H30N2O4/c1-17-8-13-30-23(17)24(29)27-11-9-25(10-12-27)15-19(14-22(28)26-16-18-6-7-18)20-4-2-3-5-21(20)31-25/h2-5,8,13,18-19H,6-7,9-12,14-16H2,1H3,(H,26,28)/t19-/m0/s1. The lowest BCUT2D eigenvalue weighted by atomic mass is 9.76. The molecule has 2 amide bonds. The topological polar surface area (TPSA) is 71.8 Å². The van der Waals surface area contributed by atoms with Gasteiger partial charge in [-0.3, -0.25) is 9.59 Å². The number of ether oxygens (including phenoxy) is 1. The number of furan rings is 1. The Morgan fingerprint density at radius 1 is 1.16 bits per heavy atom. The number of hydrogen-bond donors (Lipinski definition) is 1. The first-order chi connectivity index (χ1) is 15.0. The summed E-state index contributed by atoms with van der Waals surface area (Å²) in [4.78, 5) is 27.3. The third-order valence-corrected chi connectivity index (χ3v) is 7.04. The molecule has 0 bridgehead atoms. The Hall–Kier alpha value is -2.76. The lowest BCUT2D eigenvalue weighted by molar-refractivity contribution is -0.122. The monoisotopic (exact) mass is 422 g/mol. The van der Waals surface area contributed by atoms with Crippen molar-refractivity contribution >= 4 is 11.8 Å². The minimum atomic E-state index is -0.329. The molecule has 1 aromatic carbocycles. The molecule has 164 valence electrons. The van der Waals surface area contributed by atoms with Crippen molar-refractivity contribution in [3.63, 3.8) is 0 Å². The lowest BCUT2D eigenvalue weighted by Crippen LogP contribution is -2.52. The average molecular weight is 423 g/mol. The highest BCUT2D eigenvalue weighted by atomic mass is 16.5. The average Bonchev–Trinajstić information content (AvgIpc) is 3.51. The smallest absolute Gasteiger partial charge is 0.289 e. The highest BCUT2D eigenvalue weighted by Gasteiger charge is 2.44. The van der Waals surface area contributed by atoms with Crippen LogP contribution in [0, 0.1) is 12.8 Å². The molecule has 6 nitrogen and oxygen atoms in total. The number of aryl methyl sites for hydroxylation is 1. The second-order valence-corrected chi connectivity index (χ2v) is 9.40. The van der Waals surface area contributed by atoms with E-state index in [1.165, 1.54) is 12.8 Å². The maximum atomic E-state index is 12.8. The van der Waals surface area contributed by atoms with Gasteiger partial charge in [-0.05, 0) is 49.8 Å². The predicted molar refractivity (Wildman–Crippen MR) is 116 cm³/mol. The van der Waals surface area contributed by atoms with Crippen LogP contribution in [-0.4, -0.2) is 41.9 Å². The molecule has 1 aromatic heterocycles.